The lowest BCUT2D eigenvalue weighted by Crippen LogP contribution is -2.46. The van der Waals surface area contributed by atoms with Gasteiger partial charge in [-0.05, 0) is 41.8 Å². The third kappa shape index (κ3) is 2.73. The van der Waals surface area contributed by atoms with Gasteiger partial charge in [0.15, 0.2) is 11.5 Å². The van der Waals surface area contributed by atoms with E-state index in [4.69, 9.17) is 14.2 Å². The summed E-state index contributed by atoms with van der Waals surface area (Å²) in [5.41, 5.74) is 3.19. The van der Waals surface area contributed by atoms with Crippen molar-refractivity contribution in [3.8, 4) is 11.5 Å². The first-order valence-electron chi connectivity index (χ1n) is 7.79. The monoisotopic (exact) mass is 330 g/mol. The van der Waals surface area contributed by atoms with Crippen molar-refractivity contribution in [1.29, 1.82) is 0 Å². The molecule has 6 heteroatoms. The van der Waals surface area contributed by atoms with Gasteiger partial charge in [0, 0.05) is 18.9 Å². The van der Waals surface area contributed by atoms with Crippen LogP contribution in [-0.4, -0.2) is 37.9 Å². The lowest BCUT2D eigenvalue weighted by molar-refractivity contribution is -0.143. The van der Waals surface area contributed by atoms with Crippen LogP contribution in [0.15, 0.2) is 30.5 Å². The maximum Gasteiger partial charge on any atom is 0.323 e. The summed E-state index contributed by atoms with van der Waals surface area (Å²) in [6, 6.07) is 7.42. The number of benzene rings is 1. The average Bonchev–Trinajstić information content (AvgIpc) is 3.04. The second-order valence-electron chi connectivity index (χ2n) is 5.83. The Balaban J connectivity index is 2.12. The summed E-state index contributed by atoms with van der Waals surface area (Å²) >= 11 is 0. The molecule has 0 saturated carbocycles. The van der Waals surface area contributed by atoms with Crippen LogP contribution in [0.25, 0.3) is 0 Å². The molecule has 1 aliphatic rings. The maximum absolute atomic E-state index is 12.1. The Morgan fingerprint density at radius 3 is 2.50 bits per heavy atom. The fourth-order valence-electron chi connectivity index (χ4n) is 3.26. The first kappa shape index (κ1) is 16.4. The normalized spacial score (nSPS) is 19.5. The van der Waals surface area contributed by atoms with Crippen LogP contribution in [0.1, 0.15) is 22.9 Å². The number of aromatic nitrogens is 1. The second-order valence-corrected chi connectivity index (χ2v) is 5.83. The molecule has 0 saturated heterocycles. The van der Waals surface area contributed by atoms with Crippen LogP contribution in [0, 0.1) is 0 Å². The van der Waals surface area contributed by atoms with Crippen molar-refractivity contribution in [3.63, 3.8) is 0 Å². The lowest BCUT2D eigenvalue weighted by Gasteiger charge is -2.33. The van der Waals surface area contributed by atoms with Crippen LogP contribution in [0.3, 0.4) is 0 Å². The number of carbonyl (C=O) groups is 1. The van der Waals surface area contributed by atoms with Crippen molar-refractivity contribution in [2.45, 2.75) is 18.5 Å². The summed E-state index contributed by atoms with van der Waals surface area (Å²) < 4.78 is 17.8. The zero-order valence-electron chi connectivity index (χ0n) is 14.3. The third-order valence-electron chi connectivity index (χ3n) is 4.51. The van der Waals surface area contributed by atoms with Gasteiger partial charge in [-0.25, -0.2) is 0 Å². The van der Waals surface area contributed by atoms with Crippen molar-refractivity contribution in [2.24, 2.45) is 7.05 Å². The van der Waals surface area contributed by atoms with Gasteiger partial charge in [0.1, 0.15) is 6.04 Å². The summed E-state index contributed by atoms with van der Waals surface area (Å²) in [5.74, 6) is 1.07. The van der Waals surface area contributed by atoms with E-state index in [0.29, 0.717) is 17.9 Å². The zero-order valence-corrected chi connectivity index (χ0v) is 14.3. The van der Waals surface area contributed by atoms with E-state index in [1.54, 1.807) is 14.2 Å². The number of esters is 1. The number of hydrogen-bond donors (Lipinski definition) is 1. The molecule has 24 heavy (non-hydrogen) atoms. The predicted octanol–water partition coefficient (Wildman–Crippen LogP) is 1.82. The van der Waals surface area contributed by atoms with Crippen LogP contribution >= 0.6 is 0 Å². The Morgan fingerprint density at radius 2 is 1.92 bits per heavy atom. The molecule has 2 heterocycles. The number of aryl methyl sites for hydroxylation is 1. The van der Waals surface area contributed by atoms with Crippen molar-refractivity contribution >= 4 is 5.97 Å². The molecule has 128 valence electrons. The molecular weight excluding hydrogens is 308 g/mol. The molecule has 0 amide bonds. The fraction of sp³-hybridized carbons (Fsp3) is 0.389. The minimum atomic E-state index is -0.402. The molecule has 0 spiro atoms. The largest absolute Gasteiger partial charge is 0.493 e. The SMILES string of the molecule is COC(=O)[C@@H]1Cc2cc(OC)c(OC)cc2C(c2cccn2C)N1. The highest BCUT2D eigenvalue weighted by Gasteiger charge is 2.34. The van der Waals surface area contributed by atoms with Crippen LogP contribution < -0.4 is 14.8 Å². The Morgan fingerprint density at radius 1 is 1.21 bits per heavy atom. The first-order valence-corrected chi connectivity index (χ1v) is 7.79. The number of carbonyl (C=O) groups excluding carboxylic acids is 1. The minimum Gasteiger partial charge on any atom is -0.493 e. The average molecular weight is 330 g/mol. The van der Waals surface area contributed by atoms with Crippen molar-refractivity contribution < 1.29 is 19.0 Å². The Bertz CT molecular complexity index is 753. The van der Waals surface area contributed by atoms with Gasteiger partial charge in [-0.15, -0.1) is 0 Å². The van der Waals surface area contributed by atoms with E-state index in [2.05, 4.69) is 5.32 Å². The molecule has 0 aliphatic carbocycles. The standard InChI is InChI=1S/C18H22N2O4/c1-20-7-5-6-14(20)17-12-10-16(23-3)15(22-2)9-11(12)8-13(19-17)18(21)24-4/h5-7,9-10,13,17,19H,8H2,1-4H3/t13-,17?/m0/s1. The molecule has 1 aromatic carbocycles. The Hall–Kier alpha value is -2.47. The number of rotatable bonds is 4. The van der Waals surface area contributed by atoms with Gasteiger partial charge in [-0.3, -0.25) is 10.1 Å². The summed E-state index contributed by atoms with van der Waals surface area (Å²) in [5, 5.41) is 3.40. The summed E-state index contributed by atoms with van der Waals surface area (Å²) in [6.07, 6.45) is 2.53. The molecule has 6 nitrogen and oxygen atoms in total. The van der Waals surface area contributed by atoms with E-state index in [1.165, 1.54) is 7.11 Å². The zero-order chi connectivity index (χ0) is 17.3. The molecule has 1 aliphatic heterocycles. The Kier molecular flexibility index (Phi) is 4.49. The number of methoxy groups -OCH3 is 3. The second kappa shape index (κ2) is 6.57. The van der Waals surface area contributed by atoms with E-state index < -0.39 is 6.04 Å². The van der Waals surface area contributed by atoms with E-state index in [-0.39, 0.29) is 12.0 Å². The van der Waals surface area contributed by atoms with Gasteiger partial charge in [0.25, 0.3) is 0 Å². The third-order valence-corrected chi connectivity index (χ3v) is 4.51. The molecule has 1 unspecified atom stereocenters. The number of fused-ring (bicyclic) bond motifs is 1. The van der Waals surface area contributed by atoms with Crippen molar-refractivity contribution in [3.05, 3.63) is 47.3 Å². The summed E-state index contributed by atoms with van der Waals surface area (Å²) in [6.45, 7) is 0. The van der Waals surface area contributed by atoms with Gasteiger partial charge in [-0.1, -0.05) is 0 Å². The van der Waals surface area contributed by atoms with Crippen LogP contribution in [0.5, 0.6) is 11.5 Å². The van der Waals surface area contributed by atoms with E-state index in [1.807, 2.05) is 42.1 Å². The molecule has 2 atom stereocenters. The van der Waals surface area contributed by atoms with Crippen LogP contribution in [0.2, 0.25) is 0 Å². The number of nitrogens with zero attached hydrogens (tertiary/aromatic N) is 1. The molecule has 1 aromatic heterocycles. The number of nitrogens with one attached hydrogen (secondary N) is 1. The van der Waals surface area contributed by atoms with E-state index >= 15 is 0 Å². The summed E-state index contributed by atoms with van der Waals surface area (Å²) in [4.78, 5) is 12.1. The van der Waals surface area contributed by atoms with Gasteiger partial charge < -0.3 is 18.8 Å². The molecule has 0 bridgehead atoms. The predicted molar refractivity (Wildman–Crippen MR) is 89.4 cm³/mol. The highest BCUT2D eigenvalue weighted by molar-refractivity contribution is 5.77. The molecule has 0 fully saturated rings. The van der Waals surface area contributed by atoms with Gasteiger partial charge in [0.05, 0.1) is 27.4 Å². The highest BCUT2D eigenvalue weighted by Crippen LogP contribution is 2.38. The van der Waals surface area contributed by atoms with Crippen LogP contribution in [0.4, 0.5) is 0 Å². The van der Waals surface area contributed by atoms with Gasteiger partial charge in [-0.2, -0.15) is 0 Å². The van der Waals surface area contributed by atoms with Gasteiger partial charge >= 0.3 is 5.97 Å². The number of ether oxygens (including phenoxy) is 3. The van der Waals surface area contributed by atoms with E-state index in [0.717, 1.165) is 16.8 Å². The lowest BCUT2D eigenvalue weighted by atomic mass is 9.88. The maximum atomic E-state index is 12.1. The molecular formula is C18H22N2O4. The molecule has 3 rings (SSSR count). The summed E-state index contributed by atoms with van der Waals surface area (Å²) in [7, 11) is 6.62. The smallest absolute Gasteiger partial charge is 0.323 e. The fourth-order valence-corrected chi connectivity index (χ4v) is 3.26. The topological polar surface area (TPSA) is 61.7 Å². The van der Waals surface area contributed by atoms with Crippen molar-refractivity contribution in [2.75, 3.05) is 21.3 Å². The Labute approximate surface area is 141 Å². The molecule has 1 N–H and O–H groups in total. The first-order chi connectivity index (χ1) is 11.6. The quantitative estimate of drug-likeness (QED) is 0.867. The van der Waals surface area contributed by atoms with E-state index in [9.17, 15) is 4.79 Å². The number of hydrogen-bond acceptors (Lipinski definition) is 5. The minimum absolute atomic E-state index is 0.127. The van der Waals surface area contributed by atoms with Gasteiger partial charge in [0.2, 0.25) is 0 Å². The van der Waals surface area contributed by atoms with Crippen LogP contribution in [-0.2, 0) is 23.0 Å². The highest BCUT2D eigenvalue weighted by atomic mass is 16.5. The van der Waals surface area contributed by atoms with Crippen molar-refractivity contribution in [1.82, 2.24) is 9.88 Å². The molecule has 0 radical (unpaired) electrons. The molecule has 2 aromatic rings.